The van der Waals surface area contributed by atoms with Crippen LogP contribution in [0.4, 0.5) is 30.2 Å². The first-order valence-corrected chi connectivity index (χ1v) is 10.6. The lowest BCUT2D eigenvalue weighted by Crippen LogP contribution is -2.50. The van der Waals surface area contributed by atoms with E-state index in [4.69, 9.17) is 0 Å². The maximum Gasteiger partial charge on any atom is 0.573 e. The zero-order valence-corrected chi connectivity index (χ0v) is 18.8. The number of ether oxygens (including phenoxy) is 1. The Bertz CT molecular complexity index is 1070. The molecule has 188 valence electrons. The Morgan fingerprint density at radius 2 is 1.51 bits per heavy atom. The monoisotopic (exact) mass is 495 g/mol. The van der Waals surface area contributed by atoms with Gasteiger partial charge in [0.05, 0.1) is 18.0 Å². The first-order valence-electron chi connectivity index (χ1n) is 10.6. The van der Waals surface area contributed by atoms with Crippen molar-refractivity contribution in [2.24, 2.45) is 0 Å². The van der Waals surface area contributed by atoms with E-state index in [0.717, 1.165) is 12.1 Å². The predicted molar refractivity (Wildman–Crippen MR) is 121 cm³/mol. The van der Waals surface area contributed by atoms with E-state index in [0.29, 0.717) is 37.4 Å². The summed E-state index contributed by atoms with van der Waals surface area (Å²) in [5.74, 6) is -1.08. The normalized spacial score (nSPS) is 14.9. The highest BCUT2D eigenvalue weighted by molar-refractivity contribution is 5.95. The Hall–Kier alpha value is -3.71. The van der Waals surface area contributed by atoms with Crippen LogP contribution >= 0.6 is 0 Å². The average molecular weight is 495 g/mol. The van der Waals surface area contributed by atoms with E-state index >= 15 is 0 Å². The number of hydrogen-bond acceptors (Lipinski definition) is 7. The fourth-order valence-electron chi connectivity index (χ4n) is 3.60. The van der Waals surface area contributed by atoms with Gasteiger partial charge in [0.25, 0.3) is 5.69 Å². The van der Waals surface area contributed by atoms with Gasteiger partial charge >= 0.3 is 6.36 Å². The van der Waals surface area contributed by atoms with Crippen molar-refractivity contribution in [1.82, 2.24) is 9.80 Å². The molecule has 0 spiro atoms. The molecule has 2 aromatic rings. The maximum atomic E-state index is 12.4. The minimum absolute atomic E-state index is 0.0534. The van der Waals surface area contributed by atoms with E-state index in [2.05, 4.69) is 15.4 Å². The van der Waals surface area contributed by atoms with Gasteiger partial charge in [-0.05, 0) is 36.8 Å². The van der Waals surface area contributed by atoms with Gasteiger partial charge in [0, 0.05) is 37.9 Å². The number of hydrogen-bond donors (Lipinski definition) is 2. The molecule has 1 aliphatic rings. The summed E-state index contributed by atoms with van der Waals surface area (Å²) in [4.78, 5) is 39.2. The van der Waals surface area contributed by atoms with E-state index in [9.17, 15) is 32.9 Å². The number of rotatable bonds is 8. The van der Waals surface area contributed by atoms with Crippen molar-refractivity contribution in [2.45, 2.75) is 13.3 Å². The van der Waals surface area contributed by atoms with Crippen LogP contribution in [0, 0.1) is 17.0 Å². The molecule has 35 heavy (non-hydrogen) atoms. The second-order valence-electron chi connectivity index (χ2n) is 7.95. The second kappa shape index (κ2) is 11.1. The van der Waals surface area contributed by atoms with Gasteiger partial charge in [0.15, 0.2) is 0 Å². The van der Waals surface area contributed by atoms with Crippen LogP contribution < -0.4 is 15.4 Å². The number of anilines is 2. The molecule has 2 N–H and O–H groups in total. The van der Waals surface area contributed by atoms with Crippen molar-refractivity contribution in [3.05, 3.63) is 58.1 Å². The van der Waals surface area contributed by atoms with E-state index in [-0.39, 0.29) is 42.0 Å². The summed E-state index contributed by atoms with van der Waals surface area (Å²) in [5, 5.41) is 16.5. The quantitative estimate of drug-likeness (QED) is 0.427. The lowest BCUT2D eigenvalue weighted by molar-refractivity contribution is -0.384. The molecule has 1 saturated heterocycles. The van der Waals surface area contributed by atoms with Gasteiger partial charge in [-0.2, -0.15) is 0 Å². The van der Waals surface area contributed by atoms with Gasteiger partial charge in [-0.25, -0.2) is 0 Å². The molecule has 0 radical (unpaired) electrons. The van der Waals surface area contributed by atoms with Crippen LogP contribution in [0.1, 0.15) is 5.56 Å². The molecule has 0 unspecified atom stereocenters. The summed E-state index contributed by atoms with van der Waals surface area (Å²) in [6, 6.07) is 9.41. The Morgan fingerprint density at radius 3 is 2.03 bits per heavy atom. The number of benzene rings is 2. The summed E-state index contributed by atoms with van der Waals surface area (Å²) in [6.07, 6.45) is -4.79. The fourth-order valence-corrected chi connectivity index (χ4v) is 3.60. The number of amides is 2. The second-order valence-corrected chi connectivity index (χ2v) is 7.95. The molecule has 1 heterocycles. The minimum atomic E-state index is -4.79. The number of carbonyl (C=O) groups is 2. The highest BCUT2D eigenvalue weighted by Gasteiger charge is 2.31. The molecule has 0 bridgehead atoms. The van der Waals surface area contributed by atoms with Crippen LogP contribution in [0.3, 0.4) is 0 Å². The van der Waals surface area contributed by atoms with Crippen molar-refractivity contribution in [1.29, 1.82) is 0 Å². The molecule has 2 amide bonds. The van der Waals surface area contributed by atoms with Crippen LogP contribution in [0.5, 0.6) is 5.75 Å². The summed E-state index contributed by atoms with van der Waals surface area (Å²) in [6.45, 7) is 3.87. The maximum absolute atomic E-state index is 12.4. The Balaban J connectivity index is 1.43. The molecule has 0 aliphatic carbocycles. The smallest absolute Gasteiger partial charge is 0.406 e. The Morgan fingerprint density at radius 1 is 0.971 bits per heavy atom. The number of nitro benzene ring substituents is 1. The predicted octanol–water partition coefficient (Wildman–Crippen LogP) is 3.00. The molecule has 1 aliphatic heterocycles. The lowest BCUT2D eigenvalue weighted by atomic mass is 10.1. The largest absolute Gasteiger partial charge is 0.573 e. The van der Waals surface area contributed by atoms with Crippen LogP contribution in [0.15, 0.2) is 42.5 Å². The van der Waals surface area contributed by atoms with Crippen molar-refractivity contribution in [2.75, 3.05) is 49.9 Å². The molecular weight excluding hydrogens is 471 g/mol. The molecule has 0 atom stereocenters. The number of alkyl halides is 3. The Kier molecular flexibility index (Phi) is 8.25. The molecule has 2 aromatic carbocycles. The van der Waals surface area contributed by atoms with Gasteiger partial charge in [-0.3, -0.25) is 29.5 Å². The van der Waals surface area contributed by atoms with Gasteiger partial charge in [0.2, 0.25) is 11.8 Å². The highest BCUT2D eigenvalue weighted by Crippen LogP contribution is 2.27. The zero-order valence-electron chi connectivity index (χ0n) is 18.8. The Labute approximate surface area is 198 Å². The third-order valence-electron chi connectivity index (χ3n) is 5.28. The van der Waals surface area contributed by atoms with Crippen LogP contribution in [0.25, 0.3) is 0 Å². The molecular formula is C22H24F3N5O5. The first kappa shape index (κ1) is 25.9. The van der Waals surface area contributed by atoms with Crippen LogP contribution in [-0.2, 0) is 9.59 Å². The number of para-hydroxylation sites is 1. The van der Waals surface area contributed by atoms with Crippen molar-refractivity contribution in [3.63, 3.8) is 0 Å². The standard InChI is InChI=1S/C22H24F3N5O5/c1-15-3-2-4-18(30(33)34)21(15)27-20(32)14-29-11-9-28(10-12-29)13-19(31)26-16-5-7-17(8-6-16)35-22(23,24)25/h2-8H,9-14H2,1H3,(H,26,31)(H,27,32). The van der Waals surface area contributed by atoms with Gasteiger partial charge in [-0.15, -0.1) is 13.2 Å². The molecule has 10 nitrogen and oxygen atoms in total. The number of nitrogens with zero attached hydrogens (tertiary/aromatic N) is 3. The number of piperazine rings is 1. The third-order valence-corrected chi connectivity index (χ3v) is 5.28. The summed E-state index contributed by atoms with van der Waals surface area (Å²) in [5.41, 5.74) is 0.934. The van der Waals surface area contributed by atoms with Crippen LogP contribution in [0.2, 0.25) is 0 Å². The number of nitro groups is 1. The molecule has 0 saturated carbocycles. The highest BCUT2D eigenvalue weighted by atomic mass is 19.4. The van der Waals surface area contributed by atoms with Gasteiger partial charge < -0.3 is 15.4 Å². The third kappa shape index (κ3) is 7.93. The average Bonchev–Trinajstić information content (AvgIpc) is 2.76. The van der Waals surface area contributed by atoms with E-state index < -0.39 is 11.3 Å². The van der Waals surface area contributed by atoms with E-state index in [1.807, 2.05) is 9.80 Å². The number of halogens is 3. The van der Waals surface area contributed by atoms with Crippen molar-refractivity contribution in [3.8, 4) is 5.75 Å². The fraction of sp³-hybridized carbons (Fsp3) is 0.364. The first-order chi connectivity index (χ1) is 16.5. The van der Waals surface area contributed by atoms with E-state index in [1.54, 1.807) is 19.1 Å². The molecule has 1 fully saturated rings. The van der Waals surface area contributed by atoms with Gasteiger partial charge in [0.1, 0.15) is 11.4 Å². The number of aryl methyl sites for hydroxylation is 1. The minimum Gasteiger partial charge on any atom is -0.406 e. The summed E-state index contributed by atoms with van der Waals surface area (Å²) >= 11 is 0. The zero-order chi connectivity index (χ0) is 25.6. The van der Waals surface area contributed by atoms with Gasteiger partial charge in [-0.1, -0.05) is 12.1 Å². The van der Waals surface area contributed by atoms with Crippen molar-refractivity contribution >= 4 is 28.9 Å². The molecule has 3 rings (SSSR count). The van der Waals surface area contributed by atoms with Crippen molar-refractivity contribution < 1.29 is 32.4 Å². The summed E-state index contributed by atoms with van der Waals surface area (Å²) in [7, 11) is 0. The van der Waals surface area contributed by atoms with Crippen LogP contribution in [-0.4, -0.2) is 72.2 Å². The van der Waals surface area contributed by atoms with E-state index in [1.165, 1.54) is 18.2 Å². The number of carbonyl (C=O) groups excluding carboxylic acids is 2. The molecule has 13 heteroatoms. The molecule has 0 aromatic heterocycles. The number of nitrogens with one attached hydrogen (secondary N) is 2. The SMILES string of the molecule is Cc1cccc([N+](=O)[O-])c1NC(=O)CN1CCN(CC(=O)Nc2ccc(OC(F)(F)F)cc2)CC1. The topological polar surface area (TPSA) is 117 Å². The lowest BCUT2D eigenvalue weighted by Gasteiger charge is -2.33. The summed E-state index contributed by atoms with van der Waals surface area (Å²) < 4.78 is 40.5.